The van der Waals surface area contributed by atoms with Crippen molar-refractivity contribution >= 4 is 27.0 Å². The second-order valence-corrected chi connectivity index (χ2v) is 4.29. The highest BCUT2D eigenvalue weighted by Gasteiger charge is 2.07. The van der Waals surface area contributed by atoms with Crippen LogP contribution in [0.25, 0.3) is 11.0 Å². The number of halogens is 1. The summed E-state index contributed by atoms with van der Waals surface area (Å²) in [6.45, 7) is 2.14. The first-order valence-electron chi connectivity index (χ1n) is 4.96. The molecule has 0 spiro atoms. The first-order valence-corrected chi connectivity index (χ1v) is 5.76. The van der Waals surface area contributed by atoms with Crippen molar-refractivity contribution in [2.45, 2.75) is 27.2 Å². The van der Waals surface area contributed by atoms with Crippen molar-refractivity contribution < 1.29 is 4.74 Å². The molecule has 16 heavy (non-hydrogen) atoms. The summed E-state index contributed by atoms with van der Waals surface area (Å²) in [4.78, 5) is 7.79. The van der Waals surface area contributed by atoms with Gasteiger partial charge in [0.2, 0.25) is 0 Å². The van der Waals surface area contributed by atoms with Crippen LogP contribution < -0.4 is 4.74 Å². The van der Waals surface area contributed by atoms with Crippen molar-refractivity contribution in [3.8, 4) is 5.75 Å². The molecule has 1 aromatic heterocycles. The number of rotatable bonds is 3. The summed E-state index contributed by atoms with van der Waals surface area (Å²) in [5, 5.41) is 0. The summed E-state index contributed by atoms with van der Waals surface area (Å²) in [7, 11) is 1.66. The Kier molecular flexibility index (Phi) is 4.35. The highest BCUT2D eigenvalue weighted by atomic mass is 79.9. The first kappa shape index (κ1) is 13.0. The third-order valence-corrected chi connectivity index (χ3v) is 2.91. The molecule has 3 nitrogen and oxygen atoms in total. The summed E-state index contributed by atoms with van der Waals surface area (Å²) in [5.74, 6) is 1.85. The summed E-state index contributed by atoms with van der Waals surface area (Å²) >= 11 is 3.45. The van der Waals surface area contributed by atoms with Gasteiger partial charge in [0.15, 0.2) is 0 Å². The number of aryl methyl sites for hydroxylation is 1. The van der Waals surface area contributed by atoms with Gasteiger partial charge >= 0.3 is 0 Å². The Morgan fingerprint density at radius 2 is 2.19 bits per heavy atom. The SMILES string of the molecule is C.CCCc1nc2cc(OC)c(Br)cc2[nH]1. The Labute approximate surface area is 104 Å². The predicted octanol–water partition coefficient (Wildman–Crippen LogP) is 3.92. The minimum atomic E-state index is 0. The number of ether oxygens (including phenoxy) is 1. The molecule has 0 atom stereocenters. The van der Waals surface area contributed by atoms with Crippen LogP contribution >= 0.6 is 15.9 Å². The Hall–Kier alpha value is -1.03. The number of fused-ring (bicyclic) bond motifs is 1. The molecule has 88 valence electrons. The number of aromatic amines is 1. The highest BCUT2D eigenvalue weighted by Crippen LogP contribution is 2.29. The van der Waals surface area contributed by atoms with Gasteiger partial charge in [0.25, 0.3) is 0 Å². The number of hydrogen-bond acceptors (Lipinski definition) is 2. The molecular weight excluding hydrogens is 268 g/mol. The molecule has 1 heterocycles. The van der Waals surface area contributed by atoms with E-state index in [9.17, 15) is 0 Å². The lowest BCUT2D eigenvalue weighted by Crippen LogP contribution is -1.84. The lowest BCUT2D eigenvalue weighted by molar-refractivity contribution is 0.412. The fourth-order valence-electron chi connectivity index (χ4n) is 1.58. The Morgan fingerprint density at radius 1 is 1.44 bits per heavy atom. The van der Waals surface area contributed by atoms with Crippen molar-refractivity contribution in [1.82, 2.24) is 9.97 Å². The molecule has 1 aromatic carbocycles. The van der Waals surface area contributed by atoms with Crippen LogP contribution in [0, 0.1) is 0 Å². The van der Waals surface area contributed by atoms with E-state index in [0.717, 1.165) is 39.9 Å². The topological polar surface area (TPSA) is 37.9 Å². The fraction of sp³-hybridized carbons (Fsp3) is 0.417. The van der Waals surface area contributed by atoms with Crippen LogP contribution in [0.3, 0.4) is 0 Å². The first-order chi connectivity index (χ1) is 7.24. The van der Waals surface area contributed by atoms with E-state index in [1.807, 2.05) is 12.1 Å². The molecule has 2 aromatic rings. The van der Waals surface area contributed by atoms with E-state index in [2.05, 4.69) is 32.8 Å². The van der Waals surface area contributed by atoms with Crippen LogP contribution in [-0.2, 0) is 6.42 Å². The van der Waals surface area contributed by atoms with Crippen LogP contribution in [0.2, 0.25) is 0 Å². The molecule has 0 unspecified atom stereocenters. The van der Waals surface area contributed by atoms with Crippen molar-refractivity contribution in [2.75, 3.05) is 7.11 Å². The second-order valence-electron chi connectivity index (χ2n) is 3.44. The van der Waals surface area contributed by atoms with Gasteiger partial charge in [0.1, 0.15) is 11.6 Å². The number of H-pyrrole nitrogens is 1. The fourth-order valence-corrected chi connectivity index (χ4v) is 2.08. The van der Waals surface area contributed by atoms with E-state index in [4.69, 9.17) is 4.74 Å². The van der Waals surface area contributed by atoms with Gasteiger partial charge in [-0.15, -0.1) is 0 Å². The quantitative estimate of drug-likeness (QED) is 0.928. The van der Waals surface area contributed by atoms with Crippen LogP contribution in [0.4, 0.5) is 0 Å². The molecule has 0 fully saturated rings. The zero-order chi connectivity index (χ0) is 10.8. The average molecular weight is 285 g/mol. The van der Waals surface area contributed by atoms with E-state index in [0.29, 0.717) is 0 Å². The monoisotopic (exact) mass is 284 g/mol. The average Bonchev–Trinajstić information content (AvgIpc) is 2.58. The lowest BCUT2D eigenvalue weighted by Gasteiger charge is -2.01. The van der Waals surface area contributed by atoms with Gasteiger partial charge in [-0.05, 0) is 28.4 Å². The number of imidazole rings is 1. The molecule has 0 aliphatic carbocycles. The molecule has 0 saturated heterocycles. The van der Waals surface area contributed by atoms with Crippen molar-refractivity contribution in [1.29, 1.82) is 0 Å². The summed E-state index contributed by atoms with van der Waals surface area (Å²) in [6.07, 6.45) is 2.08. The second kappa shape index (κ2) is 5.34. The Balaban J connectivity index is 0.00000128. The molecule has 0 aliphatic heterocycles. The molecule has 0 radical (unpaired) electrons. The van der Waals surface area contributed by atoms with Gasteiger partial charge in [-0.2, -0.15) is 0 Å². The normalized spacial score (nSPS) is 10.2. The van der Waals surface area contributed by atoms with Gasteiger partial charge in [0.05, 0.1) is 22.6 Å². The third kappa shape index (κ3) is 2.38. The van der Waals surface area contributed by atoms with Gasteiger partial charge in [0, 0.05) is 12.5 Å². The molecule has 0 amide bonds. The molecule has 2 rings (SSSR count). The number of aromatic nitrogens is 2. The number of methoxy groups -OCH3 is 1. The van der Waals surface area contributed by atoms with E-state index < -0.39 is 0 Å². The summed E-state index contributed by atoms with van der Waals surface area (Å²) in [5.41, 5.74) is 2.00. The van der Waals surface area contributed by atoms with Gasteiger partial charge in [-0.1, -0.05) is 14.4 Å². The standard InChI is InChI=1S/C11H13BrN2O.CH4/c1-3-4-11-13-8-5-7(12)10(15-2)6-9(8)14-11;/h5-6H,3-4H2,1-2H3,(H,13,14);1H4. The minimum absolute atomic E-state index is 0. The van der Waals surface area contributed by atoms with E-state index in [1.54, 1.807) is 7.11 Å². The highest BCUT2D eigenvalue weighted by molar-refractivity contribution is 9.10. The molecule has 0 bridgehead atoms. The molecule has 0 aliphatic rings. The maximum Gasteiger partial charge on any atom is 0.135 e. The van der Waals surface area contributed by atoms with Crippen LogP contribution in [0.1, 0.15) is 26.6 Å². The van der Waals surface area contributed by atoms with Gasteiger partial charge < -0.3 is 9.72 Å². The zero-order valence-corrected chi connectivity index (χ0v) is 10.4. The van der Waals surface area contributed by atoms with Crippen LogP contribution in [0.5, 0.6) is 5.75 Å². The Morgan fingerprint density at radius 3 is 2.81 bits per heavy atom. The van der Waals surface area contributed by atoms with E-state index >= 15 is 0 Å². The largest absolute Gasteiger partial charge is 0.495 e. The van der Waals surface area contributed by atoms with Gasteiger partial charge in [-0.3, -0.25) is 0 Å². The summed E-state index contributed by atoms with van der Waals surface area (Å²) < 4.78 is 6.17. The predicted molar refractivity (Wildman–Crippen MR) is 71.1 cm³/mol. The zero-order valence-electron chi connectivity index (χ0n) is 8.80. The number of nitrogens with one attached hydrogen (secondary N) is 1. The lowest BCUT2D eigenvalue weighted by atomic mass is 10.3. The maximum atomic E-state index is 5.22. The molecule has 4 heteroatoms. The third-order valence-electron chi connectivity index (χ3n) is 2.29. The number of hydrogen-bond donors (Lipinski definition) is 1. The molecule has 0 saturated carbocycles. The van der Waals surface area contributed by atoms with Crippen molar-refractivity contribution in [3.05, 3.63) is 22.4 Å². The smallest absolute Gasteiger partial charge is 0.135 e. The molecular formula is C12H17BrN2O. The number of benzene rings is 1. The van der Waals surface area contributed by atoms with E-state index in [-0.39, 0.29) is 7.43 Å². The van der Waals surface area contributed by atoms with Crippen molar-refractivity contribution in [3.63, 3.8) is 0 Å². The van der Waals surface area contributed by atoms with E-state index in [1.165, 1.54) is 0 Å². The van der Waals surface area contributed by atoms with Crippen LogP contribution in [0.15, 0.2) is 16.6 Å². The summed E-state index contributed by atoms with van der Waals surface area (Å²) in [6, 6.07) is 3.94. The molecule has 1 N–H and O–H groups in total. The maximum absolute atomic E-state index is 5.22. The van der Waals surface area contributed by atoms with Gasteiger partial charge in [-0.25, -0.2) is 4.98 Å². The van der Waals surface area contributed by atoms with Crippen molar-refractivity contribution in [2.24, 2.45) is 0 Å². The van der Waals surface area contributed by atoms with Crippen LogP contribution in [-0.4, -0.2) is 17.1 Å². The Bertz CT molecular complexity index is 479. The number of nitrogens with zero attached hydrogens (tertiary/aromatic N) is 1. The minimum Gasteiger partial charge on any atom is -0.495 e.